The van der Waals surface area contributed by atoms with Crippen molar-refractivity contribution in [3.63, 3.8) is 0 Å². The molecule has 1 amide bonds. The molecule has 1 fully saturated rings. The third-order valence-electron chi connectivity index (χ3n) is 5.28. The van der Waals surface area contributed by atoms with Crippen LogP contribution in [0.1, 0.15) is 24.3 Å². The summed E-state index contributed by atoms with van der Waals surface area (Å²) in [5, 5.41) is 2.70. The van der Waals surface area contributed by atoms with Gasteiger partial charge >= 0.3 is 12.3 Å². The number of carbonyl (C=O) groups excluding carboxylic acids is 1. The first-order valence-electron chi connectivity index (χ1n) is 10.0. The lowest BCUT2D eigenvalue weighted by atomic mass is 9.90. The molecule has 2 aromatic rings. The van der Waals surface area contributed by atoms with Gasteiger partial charge in [-0.15, -0.1) is 0 Å². The molecular weight excluding hydrogens is 452 g/mol. The van der Waals surface area contributed by atoms with Gasteiger partial charge in [-0.2, -0.15) is 13.2 Å². The van der Waals surface area contributed by atoms with Gasteiger partial charge in [0.25, 0.3) is 0 Å². The van der Waals surface area contributed by atoms with Crippen LogP contribution in [0.2, 0.25) is 5.02 Å². The predicted molar refractivity (Wildman–Crippen MR) is 113 cm³/mol. The Labute approximate surface area is 188 Å². The monoisotopic (exact) mass is 474 g/mol. The molecule has 0 aliphatic carbocycles. The highest BCUT2D eigenvalue weighted by atomic mass is 35.5. The number of carbonyl (C=O) groups is 1. The normalized spacial score (nSPS) is 18.1. The Balaban J connectivity index is 1.64. The molecule has 174 valence electrons. The summed E-state index contributed by atoms with van der Waals surface area (Å²) in [6, 6.07) is 10.4. The maximum Gasteiger partial charge on any atom is 0.426 e. The summed E-state index contributed by atoms with van der Waals surface area (Å²) in [6.07, 6.45) is -6.82. The SMILES string of the molecule is COc1cc(C2CCCN(C[C@H](OC(=O)Nc3ccc(Cl)cc3)C(F)(F)F)C2)ccc1F. The summed E-state index contributed by atoms with van der Waals surface area (Å²) in [5.74, 6) is -0.494. The van der Waals surface area contributed by atoms with Crippen molar-refractivity contribution in [2.24, 2.45) is 0 Å². The molecule has 0 aromatic heterocycles. The second kappa shape index (κ2) is 10.4. The molecule has 1 heterocycles. The van der Waals surface area contributed by atoms with E-state index in [0.29, 0.717) is 24.5 Å². The molecule has 1 N–H and O–H groups in total. The van der Waals surface area contributed by atoms with Gasteiger partial charge in [-0.25, -0.2) is 9.18 Å². The van der Waals surface area contributed by atoms with Gasteiger partial charge in [0.1, 0.15) is 0 Å². The second-order valence-corrected chi connectivity index (χ2v) is 8.00. The lowest BCUT2D eigenvalue weighted by Crippen LogP contribution is -2.47. The van der Waals surface area contributed by atoms with Crippen LogP contribution in [-0.2, 0) is 4.74 Å². The first-order valence-corrected chi connectivity index (χ1v) is 10.4. The quantitative estimate of drug-likeness (QED) is 0.534. The molecule has 0 spiro atoms. The number of alkyl halides is 3. The summed E-state index contributed by atoms with van der Waals surface area (Å²) >= 11 is 5.76. The van der Waals surface area contributed by atoms with E-state index >= 15 is 0 Å². The van der Waals surface area contributed by atoms with Crippen molar-refractivity contribution in [2.45, 2.75) is 31.0 Å². The van der Waals surface area contributed by atoms with E-state index in [1.54, 1.807) is 17.0 Å². The third-order valence-corrected chi connectivity index (χ3v) is 5.53. The van der Waals surface area contributed by atoms with Gasteiger partial charge in [0.05, 0.1) is 7.11 Å². The van der Waals surface area contributed by atoms with E-state index < -0.39 is 30.7 Å². The van der Waals surface area contributed by atoms with E-state index in [1.807, 2.05) is 0 Å². The molecule has 2 aromatic carbocycles. The smallest absolute Gasteiger partial charge is 0.426 e. The highest BCUT2D eigenvalue weighted by Crippen LogP contribution is 2.32. The van der Waals surface area contributed by atoms with Gasteiger partial charge in [0.15, 0.2) is 11.6 Å². The Hall–Kier alpha value is -2.52. The number of hydrogen-bond acceptors (Lipinski definition) is 4. The highest BCUT2D eigenvalue weighted by molar-refractivity contribution is 6.30. The number of likely N-dealkylation sites (tertiary alicyclic amines) is 1. The first kappa shape index (κ1) is 24.1. The van der Waals surface area contributed by atoms with Crippen LogP contribution >= 0.6 is 11.6 Å². The molecule has 0 bridgehead atoms. The maximum atomic E-state index is 13.7. The molecule has 1 saturated heterocycles. The zero-order valence-electron chi connectivity index (χ0n) is 17.3. The van der Waals surface area contributed by atoms with E-state index in [9.17, 15) is 22.4 Å². The minimum absolute atomic E-state index is 0.0879. The summed E-state index contributed by atoms with van der Waals surface area (Å²) in [7, 11) is 1.36. The zero-order chi connectivity index (χ0) is 23.3. The largest absolute Gasteiger partial charge is 0.494 e. The number of piperidine rings is 1. The van der Waals surface area contributed by atoms with Crippen molar-refractivity contribution in [2.75, 3.05) is 32.1 Å². The summed E-state index contributed by atoms with van der Waals surface area (Å²) in [4.78, 5) is 13.7. The molecule has 0 radical (unpaired) electrons. The molecule has 3 rings (SSSR count). The van der Waals surface area contributed by atoms with Gasteiger partial charge in [-0.1, -0.05) is 17.7 Å². The fraction of sp³-hybridized carbons (Fsp3) is 0.409. The fourth-order valence-electron chi connectivity index (χ4n) is 3.68. The number of rotatable bonds is 6. The number of hydrogen-bond donors (Lipinski definition) is 1. The topological polar surface area (TPSA) is 50.8 Å². The predicted octanol–water partition coefficient (Wildman–Crippen LogP) is 5.85. The van der Waals surface area contributed by atoms with E-state index in [0.717, 1.165) is 12.0 Å². The Morgan fingerprint density at radius 3 is 2.62 bits per heavy atom. The van der Waals surface area contributed by atoms with E-state index in [1.165, 1.54) is 37.4 Å². The van der Waals surface area contributed by atoms with Crippen molar-refractivity contribution < 1.29 is 31.8 Å². The van der Waals surface area contributed by atoms with Gasteiger partial charge in [0.2, 0.25) is 6.10 Å². The van der Waals surface area contributed by atoms with E-state index in [4.69, 9.17) is 21.1 Å². The molecule has 10 heteroatoms. The number of amides is 1. The molecule has 1 aliphatic rings. The molecule has 1 unspecified atom stereocenters. The highest BCUT2D eigenvalue weighted by Gasteiger charge is 2.44. The van der Waals surface area contributed by atoms with Crippen molar-refractivity contribution >= 4 is 23.4 Å². The first-order chi connectivity index (χ1) is 15.2. The Morgan fingerprint density at radius 1 is 1.25 bits per heavy atom. The van der Waals surface area contributed by atoms with E-state index in [-0.39, 0.29) is 17.4 Å². The average molecular weight is 475 g/mol. The van der Waals surface area contributed by atoms with Crippen LogP contribution in [0, 0.1) is 5.82 Å². The van der Waals surface area contributed by atoms with Crippen molar-refractivity contribution in [1.82, 2.24) is 4.90 Å². The minimum atomic E-state index is -4.73. The number of benzene rings is 2. The van der Waals surface area contributed by atoms with Crippen molar-refractivity contribution in [1.29, 1.82) is 0 Å². The number of anilines is 1. The van der Waals surface area contributed by atoms with Crippen LogP contribution < -0.4 is 10.1 Å². The Morgan fingerprint density at radius 2 is 1.97 bits per heavy atom. The zero-order valence-corrected chi connectivity index (χ0v) is 18.0. The van der Waals surface area contributed by atoms with Gasteiger partial charge in [0, 0.05) is 23.8 Å². The number of nitrogens with zero attached hydrogens (tertiary/aromatic N) is 1. The van der Waals surface area contributed by atoms with Crippen LogP contribution in [0.15, 0.2) is 42.5 Å². The van der Waals surface area contributed by atoms with Gasteiger partial charge in [-0.05, 0) is 67.3 Å². The van der Waals surface area contributed by atoms with Crippen molar-refractivity contribution in [3.05, 3.63) is 58.9 Å². The molecule has 32 heavy (non-hydrogen) atoms. The number of methoxy groups -OCH3 is 1. The second-order valence-electron chi connectivity index (χ2n) is 7.56. The number of halogens is 5. The fourth-order valence-corrected chi connectivity index (χ4v) is 3.80. The lowest BCUT2D eigenvalue weighted by molar-refractivity contribution is -0.207. The summed E-state index contributed by atoms with van der Waals surface area (Å²) in [5.41, 5.74) is 1.06. The lowest BCUT2D eigenvalue weighted by Gasteiger charge is -2.35. The van der Waals surface area contributed by atoms with E-state index in [2.05, 4.69) is 5.32 Å². The van der Waals surface area contributed by atoms with Crippen LogP contribution in [0.5, 0.6) is 5.75 Å². The summed E-state index contributed by atoms with van der Waals surface area (Å²) in [6.45, 7) is 0.263. The number of nitrogens with one attached hydrogen (secondary N) is 1. The standard InChI is InChI=1S/C22H23ClF4N2O3/c1-31-19-11-14(4-9-18(19)24)15-3-2-10-29(12-15)13-20(22(25,26)27)32-21(30)28-17-7-5-16(23)6-8-17/h4-9,11,15,20H,2-3,10,12-13H2,1H3,(H,28,30)/t15?,20-/m0/s1. The molecule has 1 aliphatic heterocycles. The van der Waals surface area contributed by atoms with Gasteiger partial charge in [-0.3, -0.25) is 10.2 Å². The molecule has 5 nitrogen and oxygen atoms in total. The van der Waals surface area contributed by atoms with Crippen LogP contribution in [0.3, 0.4) is 0 Å². The van der Waals surface area contributed by atoms with Crippen LogP contribution in [-0.4, -0.2) is 50.0 Å². The minimum Gasteiger partial charge on any atom is -0.494 e. The Kier molecular flexibility index (Phi) is 7.84. The molecule has 2 atom stereocenters. The molecular formula is C22H23ClF4N2O3. The van der Waals surface area contributed by atoms with Crippen molar-refractivity contribution in [3.8, 4) is 5.75 Å². The maximum absolute atomic E-state index is 13.7. The summed E-state index contributed by atoms with van der Waals surface area (Å²) < 4.78 is 64.2. The van der Waals surface area contributed by atoms with Gasteiger partial charge < -0.3 is 9.47 Å². The van der Waals surface area contributed by atoms with Crippen LogP contribution in [0.25, 0.3) is 0 Å². The number of ether oxygens (including phenoxy) is 2. The Bertz CT molecular complexity index is 924. The average Bonchev–Trinajstić information content (AvgIpc) is 2.75. The third kappa shape index (κ3) is 6.49. The molecule has 0 saturated carbocycles. The van der Waals surface area contributed by atoms with Crippen LogP contribution in [0.4, 0.5) is 28.0 Å².